The van der Waals surface area contributed by atoms with E-state index in [0.29, 0.717) is 18.9 Å². The predicted octanol–water partition coefficient (Wildman–Crippen LogP) is 4.23. The van der Waals surface area contributed by atoms with Gasteiger partial charge in [0.1, 0.15) is 23.2 Å². The SMILES string of the molecule is C[C@H]1[C@H](OC(=O)CCC(=O)OCCCCC[P+](c2ccccc2)(c2ccccc2)c2ccccc2)O[C@@H]2O[C@@]3(C)CC[C@H]4[C@H](C)CC[C@@H]1[C@@]24OO3.[Br-]. The molecule has 2 bridgehead atoms. The summed E-state index contributed by atoms with van der Waals surface area (Å²) in [7, 11) is -1.88. The van der Waals surface area contributed by atoms with Crippen LogP contribution >= 0.6 is 7.26 Å². The van der Waals surface area contributed by atoms with Crippen LogP contribution in [0.1, 0.15) is 78.6 Å². The molecule has 4 heterocycles. The molecule has 3 aromatic rings. The van der Waals surface area contributed by atoms with Crippen molar-refractivity contribution >= 4 is 35.1 Å². The van der Waals surface area contributed by atoms with E-state index in [2.05, 4.69) is 97.9 Å². The van der Waals surface area contributed by atoms with Gasteiger partial charge in [-0.15, -0.1) is 0 Å². The van der Waals surface area contributed by atoms with Gasteiger partial charge in [-0.05, 0) is 93.7 Å². The number of carbonyl (C=O) groups is 2. The smallest absolute Gasteiger partial charge is 0.308 e. The third-order valence-electron chi connectivity index (χ3n) is 11.9. The minimum atomic E-state index is -1.88. The Balaban J connectivity index is 0.00000464. The Labute approximate surface area is 319 Å². The Kier molecular flexibility index (Phi) is 12.6. The van der Waals surface area contributed by atoms with Crippen LogP contribution in [0.3, 0.4) is 0 Å². The molecule has 1 saturated carbocycles. The number of carbonyl (C=O) groups excluding carboxylic acids is 2. The topological polar surface area (TPSA) is 89.5 Å². The minimum absolute atomic E-state index is 0. The molecule has 1 aliphatic carbocycles. The molecule has 1 spiro atoms. The van der Waals surface area contributed by atoms with Gasteiger partial charge in [0, 0.05) is 18.3 Å². The van der Waals surface area contributed by atoms with Crippen molar-refractivity contribution in [2.75, 3.05) is 12.8 Å². The van der Waals surface area contributed by atoms with E-state index in [4.69, 9.17) is 28.7 Å². The Hall–Kier alpha value is -2.65. The molecule has 5 fully saturated rings. The van der Waals surface area contributed by atoms with Crippen LogP contribution in [0, 0.1) is 23.7 Å². The second kappa shape index (κ2) is 16.8. The van der Waals surface area contributed by atoms with Gasteiger partial charge >= 0.3 is 11.9 Å². The van der Waals surface area contributed by atoms with Gasteiger partial charge in [-0.2, -0.15) is 0 Å². The summed E-state index contributed by atoms with van der Waals surface area (Å²) in [6, 6.07) is 32.6. The molecular weight excluding hydrogens is 743 g/mol. The van der Waals surface area contributed by atoms with Crippen LogP contribution in [-0.4, -0.2) is 48.7 Å². The number of unbranched alkanes of at least 4 members (excludes halogenated alkanes) is 2. The monoisotopic (exact) mass is 794 g/mol. The molecule has 8 nitrogen and oxygen atoms in total. The number of fused-ring (bicyclic) bond motifs is 2. The zero-order valence-corrected chi connectivity index (χ0v) is 33.0. The van der Waals surface area contributed by atoms with Gasteiger partial charge in [-0.1, -0.05) is 68.4 Å². The molecule has 4 aliphatic heterocycles. The maximum atomic E-state index is 13.0. The fourth-order valence-electron chi connectivity index (χ4n) is 9.17. The van der Waals surface area contributed by atoms with Crippen LogP contribution in [0.5, 0.6) is 0 Å². The summed E-state index contributed by atoms with van der Waals surface area (Å²) >= 11 is 0. The summed E-state index contributed by atoms with van der Waals surface area (Å²) in [5.74, 6) is -1.14. The zero-order valence-electron chi connectivity index (χ0n) is 30.5. The standard InChI is InChI=1S/C42H52O8P.BrH/c1-30-22-23-36-31(2)39(47-40-42(36)35(30)26-27-41(3,48-40)49-50-42)46-38(44)25-24-37(43)45-28-14-7-15-29-51(32-16-8-4-9-17-32,33-18-10-5-11-19-33)34-20-12-6-13-21-34;/h4-6,8-13,16-21,30-31,35-36,39-40H,7,14-15,22-29H2,1-3H3;1H/q+1;/p-1/t30-,31-,35+,36+,39-,40-,41-,42-;/m1./s1. The van der Waals surface area contributed by atoms with Crippen LogP contribution in [0.2, 0.25) is 0 Å². The van der Waals surface area contributed by atoms with Crippen LogP contribution < -0.4 is 32.9 Å². The van der Waals surface area contributed by atoms with Crippen molar-refractivity contribution in [1.82, 2.24) is 0 Å². The van der Waals surface area contributed by atoms with Crippen LogP contribution in [-0.2, 0) is 38.3 Å². The fourth-order valence-corrected chi connectivity index (χ4v) is 13.6. The van der Waals surface area contributed by atoms with E-state index in [1.165, 1.54) is 15.9 Å². The molecule has 3 aromatic carbocycles. The lowest BCUT2D eigenvalue weighted by Crippen LogP contribution is -3.00. The Morgan fingerprint density at radius 3 is 1.96 bits per heavy atom. The number of hydrogen-bond acceptors (Lipinski definition) is 8. The van der Waals surface area contributed by atoms with Crippen molar-refractivity contribution < 1.29 is 55.3 Å². The first kappa shape index (κ1) is 39.1. The maximum Gasteiger partial charge on any atom is 0.308 e. The first-order chi connectivity index (χ1) is 24.7. The third-order valence-corrected chi connectivity index (χ3v) is 16.4. The largest absolute Gasteiger partial charge is 1.00 e. The quantitative estimate of drug-likeness (QED) is 0.110. The average molecular weight is 796 g/mol. The highest BCUT2D eigenvalue weighted by atomic mass is 79.9. The summed E-state index contributed by atoms with van der Waals surface area (Å²) in [6.07, 6.45) is 5.77. The lowest BCUT2D eigenvalue weighted by molar-refractivity contribution is -0.576. The number of ether oxygens (including phenoxy) is 4. The van der Waals surface area contributed by atoms with E-state index < -0.39 is 43.2 Å². The fraction of sp³-hybridized carbons (Fsp3) is 0.524. The van der Waals surface area contributed by atoms with Crippen molar-refractivity contribution in [3.8, 4) is 0 Å². The second-order valence-electron chi connectivity index (χ2n) is 15.1. The summed E-state index contributed by atoms with van der Waals surface area (Å²) in [4.78, 5) is 37.7. The van der Waals surface area contributed by atoms with Crippen molar-refractivity contribution in [1.29, 1.82) is 0 Å². The lowest BCUT2D eigenvalue weighted by Gasteiger charge is -2.59. The lowest BCUT2D eigenvalue weighted by atomic mass is 9.58. The molecule has 0 unspecified atom stereocenters. The molecule has 8 atom stereocenters. The Bertz CT molecular complexity index is 1530. The summed E-state index contributed by atoms with van der Waals surface area (Å²) in [5, 5.41) is 4.12. The van der Waals surface area contributed by atoms with Crippen molar-refractivity contribution in [2.24, 2.45) is 23.7 Å². The molecule has 10 heteroatoms. The van der Waals surface area contributed by atoms with Crippen LogP contribution in [0.4, 0.5) is 0 Å². The number of rotatable bonds is 13. The molecule has 0 radical (unpaired) electrons. The van der Waals surface area contributed by atoms with E-state index in [-0.39, 0.29) is 47.6 Å². The number of hydrogen-bond donors (Lipinski definition) is 0. The molecule has 0 N–H and O–H groups in total. The van der Waals surface area contributed by atoms with Gasteiger partial charge < -0.3 is 35.9 Å². The highest BCUT2D eigenvalue weighted by Gasteiger charge is 2.69. The molecule has 280 valence electrons. The van der Waals surface area contributed by atoms with E-state index in [1.807, 2.05) is 13.8 Å². The first-order valence-electron chi connectivity index (χ1n) is 18.9. The van der Waals surface area contributed by atoms with Gasteiger partial charge in [-0.3, -0.25) is 9.59 Å². The molecule has 4 saturated heterocycles. The summed E-state index contributed by atoms with van der Waals surface area (Å²) in [5.41, 5.74) is -0.715. The first-order valence-corrected chi connectivity index (χ1v) is 20.8. The van der Waals surface area contributed by atoms with Crippen LogP contribution in [0.25, 0.3) is 0 Å². The molecule has 5 aliphatic rings. The molecule has 52 heavy (non-hydrogen) atoms. The van der Waals surface area contributed by atoms with Gasteiger partial charge in [-0.25, -0.2) is 9.78 Å². The normalized spacial score (nSPS) is 30.7. The number of benzene rings is 3. The van der Waals surface area contributed by atoms with Crippen molar-refractivity contribution in [2.45, 2.75) is 103 Å². The molecule has 0 amide bonds. The van der Waals surface area contributed by atoms with Gasteiger partial charge in [0.2, 0.25) is 12.1 Å². The Morgan fingerprint density at radius 1 is 0.750 bits per heavy atom. The van der Waals surface area contributed by atoms with E-state index in [9.17, 15) is 9.59 Å². The van der Waals surface area contributed by atoms with Crippen molar-refractivity contribution in [3.63, 3.8) is 0 Å². The number of esters is 2. The average Bonchev–Trinajstić information content (AvgIpc) is 3.39. The second-order valence-corrected chi connectivity index (χ2v) is 18.7. The van der Waals surface area contributed by atoms with E-state index in [0.717, 1.165) is 44.7 Å². The minimum Gasteiger partial charge on any atom is -1.00 e. The molecule has 8 rings (SSSR count). The van der Waals surface area contributed by atoms with E-state index in [1.54, 1.807) is 0 Å². The third kappa shape index (κ3) is 7.65. The Morgan fingerprint density at radius 2 is 1.35 bits per heavy atom. The van der Waals surface area contributed by atoms with E-state index >= 15 is 0 Å². The van der Waals surface area contributed by atoms with Gasteiger partial charge in [0.15, 0.2) is 11.9 Å². The highest BCUT2D eigenvalue weighted by Crippen LogP contribution is 2.61. The van der Waals surface area contributed by atoms with Crippen molar-refractivity contribution in [3.05, 3.63) is 91.0 Å². The molecule has 0 aromatic heterocycles. The highest BCUT2D eigenvalue weighted by molar-refractivity contribution is 7.95. The van der Waals surface area contributed by atoms with Gasteiger partial charge in [0.25, 0.3) is 0 Å². The zero-order chi connectivity index (χ0) is 35.5. The maximum absolute atomic E-state index is 13.0. The predicted molar refractivity (Wildman–Crippen MR) is 197 cm³/mol. The summed E-state index contributed by atoms with van der Waals surface area (Å²) in [6.45, 7) is 6.51. The van der Waals surface area contributed by atoms with Crippen LogP contribution in [0.15, 0.2) is 91.0 Å². The molecular formula is C42H52BrO8P. The summed E-state index contributed by atoms with van der Waals surface area (Å²) < 4.78 is 24.1. The number of halogens is 1. The van der Waals surface area contributed by atoms with Gasteiger partial charge in [0.05, 0.1) is 25.6 Å².